The van der Waals surface area contributed by atoms with Crippen molar-refractivity contribution in [2.75, 3.05) is 0 Å². The van der Waals surface area contributed by atoms with Crippen molar-refractivity contribution >= 4 is 11.0 Å². The second-order valence-corrected chi connectivity index (χ2v) is 4.41. The van der Waals surface area contributed by atoms with Crippen LogP contribution >= 0.6 is 0 Å². The Morgan fingerprint density at radius 2 is 2.11 bits per heavy atom. The summed E-state index contributed by atoms with van der Waals surface area (Å²) in [6.45, 7) is 3.42. The number of aryl methyl sites for hydroxylation is 1. The molecule has 0 aliphatic carbocycles. The minimum atomic E-state index is 0.732. The summed E-state index contributed by atoms with van der Waals surface area (Å²) in [6, 6.07) is 5.95. The number of hydrogen-bond donors (Lipinski definition) is 2. The molecule has 0 saturated heterocycles. The summed E-state index contributed by atoms with van der Waals surface area (Å²) >= 11 is 0. The zero-order chi connectivity index (χ0) is 13.1. The molecule has 0 bridgehead atoms. The van der Waals surface area contributed by atoms with Crippen molar-refractivity contribution in [2.45, 2.75) is 20.0 Å². The van der Waals surface area contributed by atoms with Crippen LogP contribution in [0.15, 0.2) is 36.8 Å². The zero-order valence-corrected chi connectivity index (χ0v) is 10.7. The van der Waals surface area contributed by atoms with Gasteiger partial charge in [0.25, 0.3) is 0 Å². The van der Waals surface area contributed by atoms with Gasteiger partial charge in [-0.1, -0.05) is 0 Å². The third-order valence-corrected chi connectivity index (χ3v) is 2.99. The van der Waals surface area contributed by atoms with Gasteiger partial charge >= 0.3 is 0 Å². The first-order valence-electron chi connectivity index (χ1n) is 6.23. The molecule has 3 aromatic heterocycles. The first-order valence-corrected chi connectivity index (χ1v) is 6.23. The number of aromatic nitrogens is 4. The van der Waals surface area contributed by atoms with Gasteiger partial charge in [-0.05, 0) is 30.7 Å². The Bertz CT molecular complexity index is 689. The summed E-state index contributed by atoms with van der Waals surface area (Å²) in [4.78, 5) is 15.9. The number of hydrogen-bond acceptors (Lipinski definition) is 4. The molecule has 0 radical (unpaired) electrons. The summed E-state index contributed by atoms with van der Waals surface area (Å²) in [7, 11) is 0. The molecule has 0 amide bonds. The van der Waals surface area contributed by atoms with Crippen molar-refractivity contribution < 1.29 is 0 Å². The van der Waals surface area contributed by atoms with Crippen LogP contribution in [0.5, 0.6) is 0 Å². The van der Waals surface area contributed by atoms with Crippen LogP contribution in [0, 0.1) is 6.92 Å². The predicted molar refractivity (Wildman–Crippen MR) is 73.4 cm³/mol. The molecule has 5 nitrogen and oxygen atoms in total. The highest BCUT2D eigenvalue weighted by atomic mass is 14.9. The quantitative estimate of drug-likeness (QED) is 0.746. The Kier molecular flexibility index (Phi) is 3.20. The molecule has 3 rings (SSSR count). The van der Waals surface area contributed by atoms with Crippen LogP contribution in [0.4, 0.5) is 0 Å². The third-order valence-electron chi connectivity index (χ3n) is 2.99. The lowest BCUT2D eigenvalue weighted by molar-refractivity contribution is 0.678. The average molecular weight is 253 g/mol. The number of H-pyrrole nitrogens is 1. The SMILES string of the molecule is Cc1nccc(CNCc2c[nH]c3ncccc23)n1. The van der Waals surface area contributed by atoms with Crippen LogP contribution in [-0.2, 0) is 13.1 Å². The molecule has 0 unspecified atom stereocenters. The van der Waals surface area contributed by atoms with Gasteiger partial charge in [0.2, 0.25) is 0 Å². The zero-order valence-electron chi connectivity index (χ0n) is 10.7. The highest BCUT2D eigenvalue weighted by Crippen LogP contribution is 2.15. The molecule has 0 fully saturated rings. The number of aromatic amines is 1. The topological polar surface area (TPSA) is 66.5 Å². The van der Waals surface area contributed by atoms with Crippen LogP contribution in [0.3, 0.4) is 0 Å². The first-order chi connectivity index (χ1) is 9.33. The molecule has 0 aromatic carbocycles. The monoisotopic (exact) mass is 253 g/mol. The summed E-state index contributed by atoms with van der Waals surface area (Å²) < 4.78 is 0. The van der Waals surface area contributed by atoms with Gasteiger partial charge in [-0.15, -0.1) is 0 Å². The van der Waals surface area contributed by atoms with Crippen LogP contribution in [0.25, 0.3) is 11.0 Å². The van der Waals surface area contributed by atoms with Gasteiger partial charge in [-0.3, -0.25) is 0 Å². The Morgan fingerprint density at radius 1 is 1.16 bits per heavy atom. The molecule has 0 spiro atoms. The second kappa shape index (κ2) is 5.16. The molecule has 2 N–H and O–H groups in total. The van der Waals surface area contributed by atoms with Crippen molar-refractivity contribution in [2.24, 2.45) is 0 Å². The predicted octanol–water partition coefficient (Wildman–Crippen LogP) is 1.95. The lowest BCUT2D eigenvalue weighted by Crippen LogP contribution is -2.13. The first kappa shape index (κ1) is 11.8. The van der Waals surface area contributed by atoms with E-state index in [1.807, 2.05) is 25.3 Å². The molecule has 0 saturated carbocycles. The Morgan fingerprint density at radius 3 is 3.00 bits per heavy atom. The van der Waals surface area contributed by atoms with E-state index in [0.717, 1.165) is 35.6 Å². The maximum absolute atomic E-state index is 4.36. The Hall–Kier alpha value is -2.27. The highest BCUT2D eigenvalue weighted by Gasteiger charge is 2.03. The van der Waals surface area contributed by atoms with E-state index in [1.54, 1.807) is 12.4 Å². The molecule has 5 heteroatoms. The van der Waals surface area contributed by atoms with Crippen LogP contribution in [0.2, 0.25) is 0 Å². The number of fused-ring (bicyclic) bond motifs is 1. The number of rotatable bonds is 4. The van der Waals surface area contributed by atoms with Gasteiger partial charge in [0.1, 0.15) is 11.5 Å². The molecule has 19 heavy (non-hydrogen) atoms. The van der Waals surface area contributed by atoms with Gasteiger partial charge in [-0.2, -0.15) is 0 Å². The van der Waals surface area contributed by atoms with Crippen molar-refractivity contribution in [1.29, 1.82) is 0 Å². The van der Waals surface area contributed by atoms with Gasteiger partial charge < -0.3 is 10.3 Å². The van der Waals surface area contributed by atoms with E-state index >= 15 is 0 Å². The van der Waals surface area contributed by atoms with Crippen molar-refractivity contribution in [3.63, 3.8) is 0 Å². The van der Waals surface area contributed by atoms with E-state index < -0.39 is 0 Å². The normalized spacial score (nSPS) is 11.0. The van der Waals surface area contributed by atoms with Gasteiger partial charge in [-0.25, -0.2) is 15.0 Å². The summed E-state index contributed by atoms with van der Waals surface area (Å²) in [6.07, 6.45) is 5.57. The maximum atomic E-state index is 4.36. The fourth-order valence-corrected chi connectivity index (χ4v) is 2.09. The maximum Gasteiger partial charge on any atom is 0.137 e. The second-order valence-electron chi connectivity index (χ2n) is 4.41. The van der Waals surface area contributed by atoms with Crippen LogP contribution in [-0.4, -0.2) is 19.9 Å². The number of nitrogens with zero attached hydrogens (tertiary/aromatic N) is 3. The van der Waals surface area contributed by atoms with E-state index in [0.29, 0.717) is 0 Å². The van der Waals surface area contributed by atoms with E-state index in [9.17, 15) is 0 Å². The van der Waals surface area contributed by atoms with E-state index in [2.05, 4.69) is 31.3 Å². The fraction of sp³-hybridized carbons (Fsp3) is 0.214. The van der Waals surface area contributed by atoms with Gasteiger partial charge in [0.05, 0.1) is 5.69 Å². The number of pyridine rings is 1. The minimum absolute atomic E-state index is 0.732. The van der Waals surface area contributed by atoms with Crippen LogP contribution < -0.4 is 5.32 Å². The summed E-state index contributed by atoms with van der Waals surface area (Å²) in [5, 5.41) is 4.55. The van der Waals surface area contributed by atoms with Crippen LogP contribution in [0.1, 0.15) is 17.1 Å². The lowest BCUT2D eigenvalue weighted by Gasteiger charge is -2.04. The molecule has 0 aliphatic rings. The smallest absolute Gasteiger partial charge is 0.137 e. The van der Waals surface area contributed by atoms with Gasteiger partial charge in [0.15, 0.2) is 0 Å². The Balaban J connectivity index is 1.66. The van der Waals surface area contributed by atoms with E-state index in [1.165, 1.54) is 5.56 Å². The molecule has 0 aliphatic heterocycles. The summed E-state index contributed by atoms with van der Waals surface area (Å²) in [5.41, 5.74) is 3.15. The third kappa shape index (κ3) is 2.61. The number of nitrogens with one attached hydrogen (secondary N) is 2. The molecule has 3 heterocycles. The van der Waals surface area contributed by atoms with Gasteiger partial charge in [0, 0.05) is 37.1 Å². The average Bonchev–Trinajstić information content (AvgIpc) is 2.83. The van der Waals surface area contributed by atoms with Crippen molar-refractivity contribution in [3.8, 4) is 0 Å². The molecular formula is C14H15N5. The fourth-order valence-electron chi connectivity index (χ4n) is 2.09. The molecular weight excluding hydrogens is 238 g/mol. The molecule has 96 valence electrons. The largest absolute Gasteiger partial charge is 0.346 e. The van der Waals surface area contributed by atoms with E-state index in [4.69, 9.17) is 0 Å². The van der Waals surface area contributed by atoms with Crippen molar-refractivity contribution in [3.05, 3.63) is 53.9 Å². The minimum Gasteiger partial charge on any atom is -0.346 e. The molecule has 0 atom stereocenters. The standard InChI is InChI=1S/C14H15N5/c1-10-16-6-4-12(19-10)9-15-7-11-8-18-14-13(11)3-2-5-17-14/h2-6,8,15H,7,9H2,1H3,(H,17,18). The molecule has 3 aromatic rings. The summed E-state index contributed by atoms with van der Waals surface area (Å²) in [5.74, 6) is 0.801. The lowest BCUT2D eigenvalue weighted by atomic mass is 10.2. The highest BCUT2D eigenvalue weighted by molar-refractivity contribution is 5.79. The van der Waals surface area contributed by atoms with E-state index in [-0.39, 0.29) is 0 Å². The Labute approximate surface area is 111 Å². The van der Waals surface area contributed by atoms with Crippen molar-refractivity contribution in [1.82, 2.24) is 25.3 Å².